The van der Waals surface area contributed by atoms with Crippen molar-refractivity contribution in [3.63, 3.8) is 0 Å². The van der Waals surface area contributed by atoms with Crippen molar-refractivity contribution < 1.29 is 9.59 Å². The number of hydrogen-bond acceptors (Lipinski definition) is 6. The van der Waals surface area contributed by atoms with Gasteiger partial charge in [-0.3, -0.25) is 9.59 Å². The third kappa shape index (κ3) is 4.74. The van der Waals surface area contributed by atoms with E-state index in [4.69, 9.17) is 6.42 Å². The molecule has 3 aromatic rings. The maximum atomic E-state index is 12.4. The standard InChI is InChI=1S/C19H15N5O2S/c1-2-8-22-18(26)14-6-3-4-7-15(14)24-16(25)11-13-12-27-19(23-13)17-20-9-5-10-21-17/h1,3-7,9-10,12H,8,11H2,(H,22,26)(H,24,25). The van der Waals surface area contributed by atoms with Crippen LogP contribution in [-0.4, -0.2) is 33.3 Å². The molecule has 27 heavy (non-hydrogen) atoms. The van der Waals surface area contributed by atoms with Crippen molar-refractivity contribution in [2.45, 2.75) is 6.42 Å². The van der Waals surface area contributed by atoms with Crippen LogP contribution in [0.2, 0.25) is 0 Å². The fourth-order valence-corrected chi connectivity index (χ4v) is 3.04. The predicted octanol–water partition coefficient (Wildman–Crippen LogP) is 2.14. The fraction of sp³-hybridized carbons (Fsp3) is 0.105. The Kier molecular flexibility index (Phi) is 5.87. The average Bonchev–Trinajstić information content (AvgIpc) is 3.15. The lowest BCUT2D eigenvalue weighted by Crippen LogP contribution is -2.25. The Bertz CT molecular complexity index is 995. The highest BCUT2D eigenvalue weighted by Gasteiger charge is 2.14. The van der Waals surface area contributed by atoms with Gasteiger partial charge in [-0.2, -0.15) is 0 Å². The van der Waals surface area contributed by atoms with Gasteiger partial charge in [-0.15, -0.1) is 17.8 Å². The predicted molar refractivity (Wildman–Crippen MR) is 103 cm³/mol. The molecule has 0 radical (unpaired) electrons. The number of anilines is 1. The first-order chi connectivity index (χ1) is 13.2. The van der Waals surface area contributed by atoms with E-state index in [9.17, 15) is 9.59 Å². The minimum atomic E-state index is -0.346. The lowest BCUT2D eigenvalue weighted by atomic mass is 10.1. The molecule has 2 amide bonds. The molecule has 2 N–H and O–H groups in total. The van der Waals surface area contributed by atoms with E-state index >= 15 is 0 Å². The first-order valence-corrected chi connectivity index (χ1v) is 8.87. The third-order valence-corrected chi connectivity index (χ3v) is 4.33. The molecule has 0 aliphatic rings. The summed E-state index contributed by atoms with van der Waals surface area (Å²) in [6.07, 6.45) is 8.50. The number of aromatic nitrogens is 3. The molecular formula is C19H15N5O2S. The summed E-state index contributed by atoms with van der Waals surface area (Å²) in [5.74, 6) is 2.23. The molecule has 8 heteroatoms. The fourth-order valence-electron chi connectivity index (χ4n) is 2.28. The summed E-state index contributed by atoms with van der Waals surface area (Å²) in [6, 6.07) is 8.46. The SMILES string of the molecule is C#CCNC(=O)c1ccccc1NC(=O)Cc1csc(-c2ncccn2)n1. The van der Waals surface area contributed by atoms with Crippen LogP contribution in [0.3, 0.4) is 0 Å². The van der Waals surface area contributed by atoms with Crippen molar-refractivity contribution in [1.82, 2.24) is 20.3 Å². The molecule has 2 heterocycles. The van der Waals surface area contributed by atoms with Crippen LogP contribution >= 0.6 is 11.3 Å². The third-order valence-electron chi connectivity index (χ3n) is 3.45. The van der Waals surface area contributed by atoms with Crippen LogP contribution < -0.4 is 10.6 Å². The smallest absolute Gasteiger partial charge is 0.254 e. The van der Waals surface area contributed by atoms with Gasteiger partial charge in [0.05, 0.1) is 29.9 Å². The van der Waals surface area contributed by atoms with E-state index < -0.39 is 0 Å². The number of nitrogens with zero attached hydrogens (tertiary/aromatic N) is 3. The van der Waals surface area contributed by atoms with Gasteiger partial charge in [0.25, 0.3) is 5.91 Å². The summed E-state index contributed by atoms with van der Waals surface area (Å²) in [4.78, 5) is 37.2. The number of para-hydroxylation sites is 1. The van der Waals surface area contributed by atoms with Gasteiger partial charge >= 0.3 is 0 Å². The molecule has 2 aromatic heterocycles. The van der Waals surface area contributed by atoms with E-state index in [0.717, 1.165) is 0 Å². The summed E-state index contributed by atoms with van der Waals surface area (Å²) >= 11 is 1.37. The van der Waals surface area contributed by atoms with Crippen molar-refractivity contribution in [2.24, 2.45) is 0 Å². The molecule has 0 spiro atoms. The van der Waals surface area contributed by atoms with E-state index in [1.807, 2.05) is 0 Å². The maximum absolute atomic E-state index is 12.4. The second-order valence-corrected chi connectivity index (χ2v) is 6.23. The molecule has 7 nitrogen and oxygen atoms in total. The van der Waals surface area contributed by atoms with Crippen molar-refractivity contribution in [3.05, 3.63) is 59.4 Å². The van der Waals surface area contributed by atoms with Crippen LogP contribution in [0.25, 0.3) is 10.8 Å². The lowest BCUT2D eigenvalue weighted by Gasteiger charge is -2.10. The maximum Gasteiger partial charge on any atom is 0.254 e. The Labute approximate surface area is 159 Å². The van der Waals surface area contributed by atoms with Gasteiger partial charge < -0.3 is 10.6 Å². The van der Waals surface area contributed by atoms with Crippen LogP contribution in [0.15, 0.2) is 48.1 Å². The highest BCUT2D eigenvalue weighted by molar-refractivity contribution is 7.13. The largest absolute Gasteiger partial charge is 0.341 e. The number of rotatable bonds is 6. The summed E-state index contributed by atoms with van der Waals surface area (Å²) in [5.41, 5.74) is 1.37. The zero-order valence-electron chi connectivity index (χ0n) is 14.2. The Balaban J connectivity index is 1.68. The normalized spacial score (nSPS) is 10.0. The molecular weight excluding hydrogens is 362 g/mol. The topological polar surface area (TPSA) is 96.9 Å². The van der Waals surface area contributed by atoms with Crippen LogP contribution in [-0.2, 0) is 11.2 Å². The van der Waals surface area contributed by atoms with Gasteiger partial charge in [0.1, 0.15) is 0 Å². The lowest BCUT2D eigenvalue weighted by molar-refractivity contribution is -0.115. The van der Waals surface area contributed by atoms with E-state index in [0.29, 0.717) is 27.8 Å². The van der Waals surface area contributed by atoms with Crippen molar-refractivity contribution >= 4 is 28.8 Å². The minimum Gasteiger partial charge on any atom is -0.341 e. The minimum absolute atomic E-state index is 0.0731. The highest BCUT2D eigenvalue weighted by Crippen LogP contribution is 2.20. The molecule has 0 saturated carbocycles. The van der Waals surface area contributed by atoms with Crippen molar-refractivity contribution in [3.8, 4) is 23.2 Å². The van der Waals surface area contributed by atoms with Crippen LogP contribution in [0.5, 0.6) is 0 Å². The number of thiazole rings is 1. The number of amides is 2. The Morgan fingerprint density at radius 3 is 2.70 bits per heavy atom. The van der Waals surface area contributed by atoms with Crippen molar-refractivity contribution in [2.75, 3.05) is 11.9 Å². The van der Waals surface area contributed by atoms with E-state index in [2.05, 4.69) is 31.5 Å². The molecule has 0 bridgehead atoms. The van der Waals surface area contributed by atoms with E-state index in [-0.39, 0.29) is 24.8 Å². The van der Waals surface area contributed by atoms with E-state index in [1.54, 1.807) is 48.1 Å². The first kappa shape index (κ1) is 18.2. The Morgan fingerprint density at radius 2 is 1.93 bits per heavy atom. The van der Waals surface area contributed by atoms with Crippen molar-refractivity contribution in [1.29, 1.82) is 0 Å². The summed E-state index contributed by atoms with van der Waals surface area (Å²) < 4.78 is 0. The summed E-state index contributed by atoms with van der Waals surface area (Å²) in [5, 5.41) is 7.76. The zero-order chi connectivity index (χ0) is 19.1. The Morgan fingerprint density at radius 1 is 1.15 bits per heavy atom. The molecule has 0 aliphatic carbocycles. The first-order valence-electron chi connectivity index (χ1n) is 7.99. The number of carbonyl (C=O) groups is 2. The molecule has 0 unspecified atom stereocenters. The van der Waals surface area contributed by atoms with Gasteiger partial charge in [0.2, 0.25) is 5.91 Å². The zero-order valence-corrected chi connectivity index (χ0v) is 15.0. The highest BCUT2D eigenvalue weighted by atomic mass is 32.1. The van der Waals surface area contributed by atoms with Gasteiger partial charge in [-0.25, -0.2) is 15.0 Å². The summed E-state index contributed by atoms with van der Waals surface area (Å²) in [7, 11) is 0. The molecule has 0 fully saturated rings. The van der Waals surface area contributed by atoms with E-state index in [1.165, 1.54) is 11.3 Å². The average molecular weight is 377 g/mol. The number of nitrogens with one attached hydrogen (secondary N) is 2. The number of terminal acetylenes is 1. The number of benzene rings is 1. The van der Waals surface area contributed by atoms with Gasteiger partial charge in [0.15, 0.2) is 10.8 Å². The molecule has 1 aromatic carbocycles. The van der Waals surface area contributed by atoms with Crippen LogP contribution in [0.4, 0.5) is 5.69 Å². The number of hydrogen-bond donors (Lipinski definition) is 2. The molecule has 0 atom stereocenters. The second kappa shape index (κ2) is 8.69. The Hall–Kier alpha value is -3.57. The second-order valence-electron chi connectivity index (χ2n) is 5.37. The van der Waals surface area contributed by atoms with Crippen LogP contribution in [0.1, 0.15) is 16.1 Å². The molecule has 0 aliphatic heterocycles. The number of carbonyl (C=O) groups excluding carboxylic acids is 2. The van der Waals surface area contributed by atoms with Gasteiger partial charge in [-0.1, -0.05) is 18.1 Å². The monoisotopic (exact) mass is 377 g/mol. The summed E-state index contributed by atoms with van der Waals surface area (Å²) in [6.45, 7) is 0.115. The molecule has 3 rings (SSSR count). The molecule has 0 saturated heterocycles. The molecule has 134 valence electrons. The van der Waals surface area contributed by atoms with Crippen LogP contribution in [0, 0.1) is 12.3 Å². The van der Waals surface area contributed by atoms with Gasteiger partial charge in [-0.05, 0) is 18.2 Å². The van der Waals surface area contributed by atoms with Gasteiger partial charge in [0, 0.05) is 17.8 Å². The quantitative estimate of drug-likeness (QED) is 0.642.